The molecule has 2 aromatic carbocycles. The second-order valence-corrected chi connectivity index (χ2v) is 12.1. The predicted octanol–water partition coefficient (Wildman–Crippen LogP) is 5.70. The van der Waals surface area contributed by atoms with Gasteiger partial charge in [0.15, 0.2) is 0 Å². The summed E-state index contributed by atoms with van der Waals surface area (Å²) in [6.45, 7) is 7.65. The summed E-state index contributed by atoms with van der Waals surface area (Å²) in [4.78, 5) is 2.35. The molecule has 2 aliphatic rings. The first-order valence-electron chi connectivity index (χ1n) is 12.1. The van der Waals surface area contributed by atoms with Crippen LogP contribution in [0.3, 0.4) is 0 Å². The Morgan fingerprint density at radius 2 is 1.74 bits per heavy atom. The van der Waals surface area contributed by atoms with Gasteiger partial charge < -0.3 is 9.64 Å². The maximum Gasteiger partial charge on any atom is 0.263 e. The van der Waals surface area contributed by atoms with Crippen molar-refractivity contribution in [3.05, 3.63) is 71.0 Å². The van der Waals surface area contributed by atoms with Gasteiger partial charge in [-0.3, -0.25) is 0 Å². The second-order valence-electron chi connectivity index (χ2n) is 10.3. The quantitative estimate of drug-likeness (QED) is 0.488. The lowest BCUT2D eigenvalue weighted by atomic mass is 9.88. The minimum atomic E-state index is -3.79. The zero-order chi connectivity index (χ0) is 24.5. The van der Waals surface area contributed by atoms with Crippen molar-refractivity contribution in [2.45, 2.75) is 69.1 Å². The number of benzene rings is 2. The van der Waals surface area contributed by atoms with Gasteiger partial charge in [0.2, 0.25) is 5.90 Å². The van der Waals surface area contributed by atoms with E-state index in [1.54, 1.807) is 32.0 Å². The van der Waals surface area contributed by atoms with Gasteiger partial charge in [-0.15, -0.1) is 16.8 Å². The van der Waals surface area contributed by atoms with Crippen LogP contribution in [-0.4, -0.2) is 50.2 Å². The normalized spacial score (nSPS) is 23.0. The summed E-state index contributed by atoms with van der Waals surface area (Å²) in [5, 5.41) is -0.790. The Balaban J connectivity index is 0.00000342. The van der Waals surface area contributed by atoms with E-state index in [9.17, 15) is 12.8 Å². The SMILES string of the molecule is C[C@H](CC1=NS(=O)(=O)[C@H](Cc2ccc(C3CCN(C)CC3)cc2)C(C)(C)O1)c1ccccc1F.Cl. The molecule has 2 atom stereocenters. The molecular weight excluding hydrogens is 487 g/mol. The van der Waals surface area contributed by atoms with E-state index < -0.39 is 20.9 Å². The van der Waals surface area contributed by atoms with Crippen LogP contribution in [0.5, 0.6) is 0 Å². The topological polar surface area (TPSA) is 59.0 Å². The second kappa shape index (κ2) is 11.0. The highest BCUT2D eigenvalue weighted by molar-refractivity contribution is 7.91. The summed E-state index contributed by atoms with van der Waals surface area (Å²) in [7, 11) is -1.63. The monoisotopic (exact) mass is 522 g/mol. The molecule has 0 saturated carbocycles. The third kappa shape index (κ3) is 6.43. The van der Waals surface area contributed by atoms with Crippen LogP contribution in [0.4, 0.5) is 4.39 Å². The third-order valence-electron chi connectivity index (χ3n) is 7.25. The Hall–Kier alpha value is -1.96. The van der Waals surface area contributed by atoms with Crippen molar-refractivity contribution in [3.8, 4) is 0 Å². The molecule has 2 aromatic rings. The van der Waals surface area contributed by atoms with Crippen LogP contribution in [0.2, 0.25) is 0 Å². The molecule has 0 N–H and O–H groups in total. The first kappa shape index (κ1) is 27.6. The van der Waals surface area contributed by atoms with Crippen molar-refractivity contribution in [2.75, 3.05) is 20.1 Å². The number of nitrogens with zero attached hydrogens (tertiary/aromatic N) is 2. The molecule has 8 heteroatoms. The molecule has 0 aromatic heterocycles. The average molecular weight is 523 g/mol. The van der Waals surface area contributed by atoms with E-state index in [2.05, 4.69) is 28.5 Å². The molecular formula is C27H36ClFN2O3S. The molecule has 0 spiro atoms. The molecule has 2 heterocycles. The summed E-state index contributed by atoms with van der Waals surface area (Å²) in [5.41, 5.74) is 1.86. The maximum absolute atomic E-state index is 14.2. The highest BCUT2D eigenvalue weighted by Gasteiger charge is 2.46. The zero-order valence-electron chi connectivity index (χ0n) is 20.9. The number of piperidine rings is 1. The maximum atomic E-state index is 14.2. The molecule has 2 aliphatic heterocycles. The van der Waals surface area contributed by atoms with E-state index in [4.69, 9.17) is 4.74 Å². The van der Waals surface area contributed by atoms with E-state index in [0.29, 0.717) is 17.9 Å². The average Bonchev–Trinajstić information content (AvgIpc) is 2.77. The van der Waals surface area contributed by atoms with Gasteiger partial charge in [0, 0.05) is 6.42 Å². The van der Waals surface area contributed by atoms with E-state index in [1.807, 2.05) is 19.1 Å². The highest BCUT2D eigenvalue weighted by atomic mass is 35.5. The van der Waals surface area contributed by atoms with Crippen LogP contribution in [0.25, 0.3) is 0 Å². The smallest absolute Gasteiger partial charge is 0.263 e. The summed E-state index contributed by atoms with van der Waals surface area (Å²) in [5.74, 6) is 0.145. The molecule has 0 unspecified atom stereocenters. The molecule has 35 heavy (non-hydrogen) atoms. The molecule has 0 bridgehead atoms. The van der Waals surface area contributed by atoms with Gasteiger partial charge in [0.1, 0.15) is 16.7 Å². The van der Waals surface area contributed by atoms with Crippen molar-refractivity contribution in [3.63, 3.8) is 0 Å². The number of rotatable bonds is 6. The van der Waals surface area contributed by atoms with Gasteiger partial charge in [-0.05, 0) is 87.8 Å². The number of hydrogen-bond donors (Lipinski definition) is 0. The summed E-state index contributed by atoms with van der Waals surface area (Å²) in [6.07, 6.45) is 2.86. The zero-order valence-corrected chi connectivity index (χ0v) is 22.5. The predicted molar refractivity (Wildman–Crippen MR) is 142 cm³/mol. The van der Waals surface area contributed by atoms with Crippen LogP contribution < -0.4 is 0 Å². The fraction of sp³-hybridized carbons (Fsp3) is 0.519. The highest BCUT2D eigenvalue weighted by Crippen LogP contribution is 2.34. The van der Waals surface area contributed by atoms with Crippen molar-refractivity contribution in [1.29, 1.82) is 0 Å². The van der Waals surface area contributed by atoms with Gasteiger partial charge in [-0.2, -0.15) is 0 Å². The lowest BCUT2D eigenvalue weighted by Crippen LogP contribution is -2.50. The van der Waals surface area contributed by atoms with Gasteiger partial charge in [-0.25, -0.2) is 12.8 Å². The third-order valence-corrected chi connectivity index (χ3v) is 9.16. The minimum Gasteiger partial charge on any atom is -0.473 e. The van der Waals surface area contributed by atoms with E-state index in [0.717, 1.165) is 31.5 Å². The Kier molecular flexibility index (Phi) is 8.66. The lowest BCUT2D eigenvalue weighted by molar-refractivity contribution is 0.0803. The lowest BCUT2D eigenvalue weighted by Gasteiger charge is -2.37. The largest absolute Gasteiger partial charge is 0.473 e. The van der Waals surface area contributed by atoms with Crippen molar-refractivity contribution in [1.82, 2.24) is 4.90 Å². The van der Waals surface area contributed by atoms with E-state index in [-0.39, 0.29) is 36.5 Å². The Morgan fingerprint density at radius 1 is 1.11 bits per heavy atom. The molecule has 0 aliphatic carbocycles. The summed E-state index contributed by atoms with van der Waals surface area (Å²) in [6, 6.07) is 14.9. The first-order valence-corrected chi connectivity index (χ1v) is 13.6. The van der Waals surface area contributed by atoms with Crippen LogP contribution in [-0.2, 0) is 21.2 Å². The Bertz CT molecular complexity index is 1140. The Morgan fingerprint density at radius 3 is 2.34 bits per heavy atom. The number of hydrogen-bond acceptors (Lipinski definition) is 4. The summed E-state index contributed by atoms with van der Waals surface area (Å²) >= 11 is 0. The van der Waals surface area contributed by atoms with E-state index >= 15 is 0 Å². The van der Waals surface area contributed by atoms with Gasteiger partial charge in [0.05, 0.1) is 0 Å². The number of halogens is 2. The van der Waals surface area contributed by atoms with Crippen LogP contribution in [0.1, 0.15) is 68.6 Å². The van der Waals surface area contributed by atoms with Crippen LogP contribution in [0.15, 0.2) is 52.9 Å². The van der Waals surface area contributed by atoms with E-state index in [1.165, 1.54) is 11.6 Å². The standard InChI is InChI=1S/C27H35FN2O3S.ClH/c1-19(23-7-5-6-8-24(23)28)17-26-29-34(31,32)25(27(2,3)33-26)18-20-9-11-21(12-10-20)22-13-15-30(4)16-14-22;/h5-12,19,22,25H,13-18H2,1-4H3;1H/t19-,25-;/m1./s1. The van der Waals surface area contributed by atoms with Gasteiger partial charge in [0.25, 0.3) is 10.0 Å². The molecule has 0 radical (unpaired) electrons. The molecule has 192 valence electrons. The van der Waals surface area contributed by atoms with Gasteiger partial charge >= 0.3 is 0 Å². The van der Waals surface area contributed by atoms with Crippen molar-refractivity contribution >= 4 is 28.3 Å². The Labute approximate surface area is 215 Å². The van der Waals surface area contributed by atoms with Crippen molar-refractivity contribution in [2.24, 2.45) is 4.40 Å². The molecule has 1 saturated heterocycles. The minimum absolute atomic E-state index is 0. The first-order chi connectivity index (χ1) is 16.0. The fourth-order valence-corrected chi connectivity index (χ4v) is 6.80. The molecule has 5 nitrogen and oxygen atoms in total. The number of likely N-dealkylation sites (tertiary alicyclic amines) is 1. The number of sulfonamides is 1. The molecule has 1 fully saturated rings. The number of ether oxygens (including phenoxy) is 1. The fourth-order valence-electron chi connectivity index (χ4n) is 5.11. The van der Waals surface area contributed by atoms with Crippen LogP contribution in [0, 0.1) is 5.82 Å². The van der Waals surface area contributed by atoms with Crippen molar-refractivity contribution < 1.29 is 17.5 Å². The molecule has 4 rings (SSSR count). The van der Waals surface area contributed by atoms with Crippen LogP contribution >= 0.6 is 12.4 Å². The van der Waals surface area contributed by atoms with Gasteiger partial charge in [-0.1, -0.05) is 49.4 Å². The summed E-state index contributed by atoms with van der Waals surface area (Å²) < 4.78 is 50.7. The molecule has 0 amide bonds.